The summed E-state index contributed by atoms with van der Waals surface area (Å²) < 4.78 is 38.4. The Morgan fingerprint density at radius 3 is 2.30 bits per heavy atom. The molecule has 2 rings (SSSR count). The number of hydrogen-bond donors (Lipinski definition) is 0. The Morgan fingerprint density at radius 1 is 1.20 bits per heavy atom. The highest BCUT2D eigenvalue weighted by atomic mass is 35.7. The Labute approximate surface area is 120 Å². The average Bonchev–Trinajstić information content (AvgIpc) is 2.73. The second-order valence-corrected chi connectivity index (χ2v) is 7.69. The van der Waals surface area contributed by atoms with Gasteiger partial charge in [-0.05, 0) is 32.9 Å². The highest BCUT2D eigenvalue weighted by molar-refractivity contribution is 8.13. The van der Waals surface area contributed by atoms with Gasteiger partial charge in [0.25, 0.3) is 14.2 Å². The van der Waals surface area contributed by atoms with E-state index in [2.05, 4.69) is 10.2 Å². The molecular weight excluding hydrogens is 305 g/mol. The van der Waals surface area contributed by atoms with Crippen LogP contribution in [0, 0.1) is 5.82 Å². The van der Waals surface area contributed by atoms with Crippen LogP contribution in [0.25, 0.3) is 11.4 Å². The molecule has 0 radical (unpaired) electrons. The summed E-state index contributed by atoms with van der Waals surface area (Å²) in [6.45, 7) is 5.27. The van der Waals surface area contributed by atoms with E-state index in [1.54, 1.807) is 26.8 Å². The first-order valence-corrected chi connectivity index (χ1v) is 8.09. The summed E-state index contributed by atoms with van der Waals surface area (Å²) in [7, 11) is 1.29. The first-order chi connectivity index (χ1) is 9.12. The topological polar surface area (TPSA) is 64.8 Å². The number of rotatable bonds is 2. The van der Waals surface area contributed by atoms with Gasteiger partial charge in [-0.2, -0.15) is 0 Å². The van der Waals surface area contributed by atoms with Crippen LogP contribution in [0.4, 0.5) is 4.39 Å². The predicted octanol–water partition coefficient (Wildman–Crippen LogP) is 2.77. The van der Waals surface area contributed by atoms with Gasteiger partial charge in [-0.15, -0.1) is 10.2 Å². The van der Waals surface area contributed by atoms with Gasteiger partial charge in [-0.3, -0.25) is 4.57 Å². The molecule has 0 saturated carbocycles. The lowest BCUT2D eigenvalue weighted by Gasteiger charge is -2.24. The fourth-order valence-electron chi connectivity index (χ4n) is 1.85. The van der Waals surface area contributed by atoms with Crippen molar-refractivity contribution in [3.8, 4) is 11.4 Å². The van der Waals surface area contributed by atoms with Crippen LogP contribution in [0.5, 0.6) is 0 Å². The van der Waals surface area contributed by atoms with E-state index in [0.29, 0.717) is 0 Å². The summed E-state index contributed by atoms with van der Waals surface area (Å²) >= 11 is 0. The first kappa shape index (κ1) is 14.9. The third-order valence-electron chi connectivity index (χ3n) is 2.64. The van der Waals surface area contributed by atoms with E-state index in [9.17, 15) is 12.8 Å². The molecule has 108 valence electrons. The van der Waals surface area contributed by atoms with Crippen molar-refractivity contribution in [2.45, 2.75) is 31.5 Å². The molecule has 0 aliphatic carbocycles. The quantitative estimate of drug-likeness (QED) is 0.799. The fourth-order valence-corrected chi connectivity index (χ4v) is 2.87. The van der Waals surface area contributed by atoms with E-state index in [1.807, 2.05) is 0 Å². The molecule has 2 aromatic rings. The van der Waals surface area contributed by atoms with Crippen LogP contribution in [0.1, 0.15) is 20.8 Å². The summed E-state index contributed by atoms with van der Waals surface area (Å²) in [6, 6.07) is 5.95. The van der Waals surface area contributed by atoms with Gasteiger partial charge in [0.15, 0.2) is 5.82 Å². The molecule has 8 heteroatoms. The smallest absolute Gasteiger partial charge is 0.291 e. The highest BCUT2D eigenvalue weighted by Gasteiger charge is 2.30. The van der Waals surface area contributed by atoms with Gasteiger partial charge in [0.2, 0.25) is 0 Å². The molecule has 1 heterocycles. The van der Waals surface area contributed by atoms with Crippen molar-refractivity contribution in [2.75, 3.05) is 0 Å². The minimum Gasteiger partial charge on any atom is -0.291 e. The van der Waals surface area contributed by atoms with Gasteiger partial charge in [0, 0.05) is 16.2 Å². The first-order valence-electron chi connectivity index (χ1n) is 5.78. The zero-order chi connectivity index (χ0) is 15.1. The Morgan fingerprint density at radius 2 is 1.80 bits per heavy atom. The Kier molecular flexibility index (Phi) is 3.60. The third-order valence-corrected chi connectivity index (χ3v) is 3.75. The van der Waals surface area contributed by atoms with E-state index in [0.717, 1.165) is 0 Å². The van der Waals surface area contributed by atoms with E-state index >= 15 is 0 Å². The lowest BCUT2D eigenvalue weighted by atomic mass is 10.1. The van der Waals surface area contributed by atoms with E-state index < -0.39 is 25.6 Å². The number of hydrogen-bond acceptors (Lipinski definition) is 4. The largest absolute Gasteiger partial charge is 0.296 e. The minimum absolute atomic E-state index is 0.120. The average molecular weight is 318 g/mol. The summed E-state index contributed by atoms with van der Waals surface area (Å²) in [6.07, 6.45) is 0. The molecular formula is C12H13ClFN3O2S. The van der Waals surface area contributed by atoms with Gasteiger partial charge < -0.3 is 0 Å². The number of aromatic nitrogens is 3. The van der Waals surface area contributed by atoms with Crippen LogP contribution < -0.4 is 0 Å². The maximum atomic E-state index is 13.9. The van der Waals surface area contributed by atoms with Gasteiger partial charge in [-0.1, -0.05) is 12.1 Å². The molecule has 0 bridgehead atoms. The van der Waals surface area contributed by atoms with Crippen molar-refractivity contribution in [3.05, 3.63) is 30.1 Å². The second kappa shape index (κ2) is 4.82. The van der Waals surface area contributed by atoms with Gasteiger partial charge in [-0.25, -0.2) is 12.8 Å². The zero-order valence-electron chi connectivity index (χ0n) is 11.1. The number of nitrogens with zero attached hydrogens (tertiary/aromatic N) is 3. The predicted molar refractivity (Wildman–Crippen MR) is 73.5 cm³/mol. The number of halogens is 2. The van der Waals surface area contributed by atoms with Crippen molar-refractivity contribution >= 4 is 19.7 Å². The normalized spacial score (nSPS) is 12.7. The highest BCUT2D eigenvalue weighted by Crippen LogP contribution is 2.30. The second-order valence-electron chi connectivity index (χ2n) is 5.23. The molecule has 0 aliphatic heterocycles. The van der Waals surface area contributed by atoms with Crippen LogP contribution in [0.2, 0.25) is 0 Å². The summed E-state index contributed by atoms with van der Waals surface area (Å²) in [4.78, 5) is 0. The summed E-state index contributed by atoms with van der Waals surface area (Å²) in [5.41, 5.74) is -0.514. The standard InChI is InChI=1S/C12H13ClFN3O2S/c1-12(2,3)17-10(8-6-4-5-7-9(8)14)15-16-11(17)20(13,18)19/h4-7H,1-3H3. The van der Waals surface area contributed by atoms with Crippen LogP contribution in [-0.2, 0) is 14.6 Å². The SMILES string of the molecule is CC(C)(C)n1c(-c2ccccc2F)nnc1S(=O)(=O)Cl. The lowest BCUT2D eigenvalue weighted by Crippen LogP contribution is -2.26. The van der Waals surface area contributed by atoms with Crippen LogP contribution >= 0.6 is 10.7 Å². The van der Waals surface area contributed by atoms with E-state index in [-0.39, 0.29) is 11.4 Å². The minimum atomic E-state index is -4.08. The van der Waals surface area contributed by atoms with Crippen molar-refractivity contribution in [2.24, 2.45) is 0 Å². The third kappa shape index (κ3) is 2.69. The maximum Gasteiger partial charge on any atom is 0.296 e. The lowest BCUT2D eigenvalue weighted by molar-refractivity contribution is 0.366. The van der Waals surface area contributed by atoms with Crippen molar-refractivity contribution in [3.63, 3.8) is 0 Å². The van der Waals surface area contributed by atoms with Crippen molar-refractivity contribution in [1.82, 2.24) is 14.8 Å². The molecule has 1 aromatic heterocycles. The molecule has 0 amide bonds. The van der Waals surface area contributed by atoms with Gasteiger partial charge in [0.1, 0.15) is 5.82 Å². The van der Waals surface area contributed by atoms with Crippen molar-refractivity contribution < 1.29 is 12.8 Å². The van der Waals surface area contributed by atoms with Gasteiger partial charge >= 0.3 is 0 Å². The molecule has 0 unspecified atom stereocenters. The molecule has 0 fully saturated rings. The summed E-state index contributed by atoms with van der Waals surface area (Å²) in [5.74, 6) is -0.390. The van der Waals surface area contributed by atoms with E-state index in [4.69, 9.17) is 10.7 Å². The van der Waals surface area contributed by atoms with Crippen LogP contribution in [0.3, 0.4) is 0 Å². The number of benzene rings is 1. The maximum absolute atomic E-state index is 13.9. The molecule has 0 N–H and O–H groups in total. The fraction of sp³-hybridized carbons (Fsp3) is 0.333. The summed E-state index contributed by atoms with van der Waals surface area (Å²) in [5, 5.41) is 6.99. The van der Waals surface area contributed by atoms with Crippen molar-refractivity contribution in [1.29, 1.82) is 0 Å². The van der Waals surface area contributed by atoms with E-state index in [1.165, 1.54) is 22.8 Å². The monoisotopic (exact) mass is 317 g/mol. The Bertz CT molecular complexity index is 750. The zero-order valence-corrected chi connectivity index (χ0v) is 12.7. The van der Waals surface area contributed by atoms with Gasteiger partial charge in [0.05, 0.1) is 5.56 Å². The molecule has 0 atom stereocenters. The molecule has 20 heavy (non-hydrogen) atoms. The Hall–Kier alpha value is -1.47. The molecule has 5 nitrogen and oxygen atoms in total. The molecule has 1 aromatic carbocycles. The molecule has 0 spiro atoms. The molecule has 0 aliphatic rings. The van der Waals surface area contributed by atoms with Crippen LogP contribution in [-0.4, -0.2) is 23.2 Å². The molecule has 0 saturated heterocycles. The Balaban J connectivity index is 2.81. The van der Waals surface area contributed by atoms with Crippen LogP contribution in [0.15, 0.2) is 29.4 Å².